The lowest BCUT2D eigenvalue weighted by atomic mass is 9.73. The van der Waals surface area contributed by atoms with Gasteiger partial charge in [0.2, 0.25) is 11.8 Å². The van der Waals surface area contributed by atoms with Gasteiger partial charge in [-0.15, -0.1) is 0 Å². The van der Waals surface area contributed by atoms with Crippen LogP contribution in [0, 0.1) is 28.1 Å². The van der Waals surface area contributed by atoms with E-state index in [9.17, 15) is 38.4 Å². The molecule has 348 valence electrons. The maximum Gasteiger partial charge on any atom is 0.322 e. The van der Waals surface area contributed by atoms with Crippen LogP contribution in [0.3, 0.4) is 0 Å². The molecule has 2 bridgehead atoms. The number of ether oxygens (including phenoxy) is 8. The van der Waals surface area contributed by atoms with E-state index in [2.05, 4.69) is 47.8 Å². The molecule has 3 rings (SSSR count). The molecule has 0 radical (unpaired) electrons. The molecule has 17 nitrogen and oxygen atoms in total. The molecule has 5 unspecified atom stereocenters. The van der Waals surface area contributed by atoms with Crippen LogP contribution in [0.4, 0.5) is 0 Å². The maximum absolute atomic E-state index is 14.0. The molecule has 2 saturated heterocycles. The quantitative estimate of drug-likeness (QED) is 0.0357. The van der Waals surface area contributed by atoms with Gasteiger partial charge in [-0.1, -0.05) is 73.8 Å². The summed E-state index contributed by atoms with van der Waals surface area (Å²) in [6, 6.07) is 0. The molecule has 0 N–H and O–H groups in total. The Hall–Kier alpha value is -2.88. The summed E-state index contributed by atoms with van der Waals surface area (Å²) in [5.41, 5.74) is -5.36. The molecule has 0 spiro atoms. The smallest absolute Gasteiger partial charge is 0.322 e. The molecule has 0 aromatic rings. The lowest BCUT2D eigenvalue weighted by Crippen LogP contribution is -2.47. The first kappa shape index (κ1) is 53.5. The number of hydrogen-bond donors (Lipinski definition) is 0. The van der Waals surface area contributed by atoms with E-state index >= 15 is 0 Å². The summed E-state index contributed by atoms with van der Waals surface area (Å²) >= 11 is 9.94. The zero-order chi connectivity index (χ0) is 47.4. The maximum atomic E-state index is 14.0. The van der Waals surface area contributed by atoms with Crippen molar-refractivity contribution >= 4 is 103 Å². The van der Waals surface area contributed by atoms with Gasteiger partial charge in [0.15, 0.2) is 0 Å². The highest BCUT2D eigenvalue weighted by molar-refractivity contribution is 9.10. The fourth-order valence-electron chi connectivity index (χ4n) is 6.02. The highest BCUT2D eigenvalue weighted by Gasteiger charge is 2.60. The normalized spacial score (nSPS) is 22.8. The molecular weight excluding hydrogens is 1010 g/mol. The van der Waals surface area contributed by atoms with Gasteiger partial charge in [0, 0.05) is 9.64 Å². The zero-order valence-electron chi connectivity index (χ0n) is 37.4. The number of carbonyl (C=O) groups excluding carboxylic acids is 8. The number of alkyl halides is 3. The van der Waals surface area contributed by atoms with Crippen LogP contribution < -0.4 is 0 Å². The van der Waals surface area contributed by atoms with E-state index < -0.39 is 146 Å². The number of esters is 6. The van der Waals surface area contributed by atoms with E-state index in [1.54, 1.807) is 47.7 Å². The Morgan fingerprint density at radius 2 is 0.887 bits per heavy atom. The number of halogens is 3. The van der Waals surface area contributed by atoms with Crippen LogP contribution in [0.15, 0.2) is 12.2 Å². The number of carbonyl (C=O) groups is 8. The van der Waals surface area contributed by atoms with Gasteiger partial charge >= 0.3 is 35.8 Å². The molecule has 3 heterocycles. The van der Waals surface area contributed by atoms with E-state index in [-0.39, 0.29) is 19.8 Å². The van der Waals surface area contributed by atoms with Gasteiger partial charge in [-0.2, -0.15) is 0 Å². The molecule has 2 amide bonds. The minimum absolute atomic E-state index is 0.147. The topological polar surface area (TPSA) is 214 Å². The number of nitrogens with zero attached hydrogens (tertiary/aromatic N) is 1. The summed E-state index contributed by atoms with van der Waals surface area (Å²) in [6.07, 6.45) is 2.45. The van der Waals surface area contributed by atoms with Crippen molar-refractivity contribution in [3.8, 4) is 0 Å². The largest absolute Gasteiger partial charge is 0.464 e. The summed E-state index contributed by atoms with van der Waals surface area (Å²) in [5.74, 6) is -7.34. The third-order valence-electron chi connectivity index (χ3n) is 10.1. The van der Waals surface area contributed by atoms with Crippen LogP contribution in [0.25, 0.3) is 0 Å². The van der Waals surface area contributed by atoms with Crippen molar-refractivity contribution in [1.82, 2.24) is 4.90 Å². The van der Waals surface area contributed by atoms with Gasteiger partial charge in [0.05, 0.1) is 43.8 Å². The lowest BCUT2D eigenvalue weighted by molar-refractivity contribution is -0.182. The number of fused-ring (bicyclic) bond motifs is 5. The average Bonchev–Trinajstić information content (AvgIpc) is 3.84. The molecule has 0 aromatic heterocycles. The van der Waals surface area contributed by atoms with E-state index in [1.165, 1.54) is 34.6 Å². The summed E-state index contributed by atoms with van der Waals surface area (Å²) in [5, 5.41) is -0.953. The Balaban J connectivity index is 1.88. The first-order chi connectivity index (χ1) is 28.1. The third kappa shape index (κ3) is 13.8. The van der Waals surface area contributed by atoms with Crippen molar-refractivity contribution < 1.29 is 76.3 Å². The lowest BCUT2D eigenvalue weighted by Gasteiger charge is -2.33. The van der Waals surface area contributed by atoms with Crippen molar-refractivity contribution in [2.24, 2.45) is 28.1 Å². The van der Waals surface area contributed by atoms with Crippen molar-refractivity contribution in [1.29, 1.82) is 0 Å². The van der Waals surface area contributed by atoms with E-state index in [1.807, 2.05) is 13.8 Å². The zero-order valence-corrected chi connectivity index (χ0v) is 42.2. The van der Waals surface area contributed by atoms with Gasteiger partial charge in [-0.25, -0.2) is 0 Å². The predicted octanol–water partition coefficient (Wildman–Crippen LogP) is 3.57. The van der Waals surface area contributed by atoms with Crippen LogP contribution in [-0.4, -0.2) is 145 Å². The Labute approximate surface area is 388 Å². The second-order valence-electron chi connectivity index (χ2n) is 19.4. The van der Waals surface area contributed by atoms with Gasteiger partial charge in [0.25, 0.3) is 0 Å². The Morgan fingerprint density at radius 1 is 0.548 bits per heavy atom. The van der Waals surface area contributed by atoms with Crippen molar-refractivity contribution in [3.05, 3.63) is 12.2 Å². The fraction of sp³-hybridized carbons (Fsp3) is 0.756. The summed E-state index contributed by atoms with van der Waals surface area (Å²) in [4.78, 5) is 108. The van der Waals surface area contributed by atoms with E-state index in [0.717, 1.165) is 4.90 Å². The number of hydrogen-bond acceptors (Lipinski definition) is 16. The molecule has 62 heavy (non-hydrogen) atoms. The minimum atomic E-state index is -1.95. The third-order valence-corrected chi connectivity index (χ3v) is 11.0. The van der Waals surface area contributed by atoms with Crippen LogP contribution in [-0.2, 0) is 76.3 Å². The van der Waals surface area contributed by atoms with Crippen LogP contribution in [0.1, 0.15) is 76.2 Å². The predicted molar refractivity (Wildman–Crippen MR) is 234 cm³/mol. The summed E-state index contributed by atoms with van der Waals surface area (Å²) in [7, 11) is 1.61. The molecule has 2 fully saturated rings. The Bertz CT molecular complexity index is 1720. The SMILES string of the molecule is BC(C)(C)C(=O)OCC(C)(COC(=O)C(C)(C)Br)C(=O)OCC(C)(COC(=O)C(C)(COCC(C)(C)Br)COC(=O)C(C)(C)Br)C(=O)OCCN1C(=O)[C@@H]2C3C=CC(O3)[C@@H]2C1=O. The molecular formula is C41H59BBr3NO16. The highest BCUT2D eigenvalue weighted by atomic mass is 79.9. The average molecular weight is 1070 g/mol. The minimum Gasteiger partial charge on any atom is -0.464 e. The van der Waals surface area contributed by atoms with Gasteiger partial charge in [0.1, 0.15) is 72.4 Å². The molecule has 21 heteroatoms. The van der Waals surface area contributed by atoms with Crippen molar-refractivity contribution in [2.75, 3.05) is 59.4 Å². The van der Waals surface area contributed by atoms with Gasteiger partial charge in [-0.3, -0.25) is 43.3 Å². The first-order valence-corrected chi connectivity index (χ1v) is 22.4. The molecule has 0 saturated carbocycles. The summed E-state index contributed by atoms with van der Waals surface area (Å²) in [6.45, 7) is 13.1. The number of amides is 2. The molecule has 3 aliphatic rings. The standard InChI is InChI=1S/C41H59BBr3NO16/c1-35(2,43)16-55-17-39(9,18-58-30(50)37(5,6)44)33(53)60-21-40(10,32(52)56-15-14-46-27(47)25-23-12-13-24(62-23)26(25)28(46)48)22-61-34(54)41(11,19-57-29(49)36(3,4)42)20-59-31(51)38(7,8)45/h12-13,23-26H,14-22,42H2,1-11H3/t23?,24?,25-,26+,39?,40?,41?. The molecule has 0 aliphatic carbocycles. The Kier molecular flexibility index (Phi) is 17.3. The molecule has 0 aromatic carbocycles. The van der Waals surface area contributed by atoms with Crippen molar-refractivity contribution in [3.63, 3.8) is 0 Å². The van der Waals surface area contributed by atoms with Crippen LogP contribution >= 0.6 is 47.8 Å². The van der Waals surface area contributed by atoms with Crippen molar-refractivity contribution in [2.45, 2.75) is 107 Å². The van der Waals surface area contributed by atoms with E-state index in [4.69, 9.17) is 37.9 Å². The van der Waals surface area contributed by atoms with Gasteiger partial charge < -0.3 is 37.9 Å². The van der Waals surface area contributed by atoms with Crippen LogP contribution in [0.2, 0.25) is 5.31 Å². The van der Waals surface area contributed by atoms with Crippen LogP contribution in [0.5, 0.6) is 0 Å². The molecule has 3 aliphatic heterocycles. The number of rotatable bonds is 23. The highest BCUT2D eigenvalue weighted by Crippen LogP contribution is 2.45. The second-order valence-corrected chi connectivity index (χ2v) is 25.5. The fourth-order valence-corrected chi connectivity index (χ4v) is 6.41. The molecule has 7 atom stereocenters. The monoisotopic (exact) mass is 1070 g/mol. The summed E-state index contributed by atoms with van der Waals surface area (Å²) < 4.78 is 42.2. The van der Waals surface area contributed by atoms with Gasteiger partial charge in [-0.05, 0) is 62.3 Å². The second kappa shape index (κ2) is 20.1. The Morgan fingerprint density at radius 3 is 1.24 bits per heavy atom. The van der Waals surface area contributed by atoms with E-state index in [0.29, 0.717) is 0 Å². The number of likely N-dealkylation sites (tertiary alicyclic amines) is 1. The number of imide groups is 1. The first-order valence-electron chi connectivity index (χ1n) is 20.0.